The second-order valence-electron chi connectivity index (χ2n) is 4.89. The van der Waals surface area contributed by atoms with Crippen LogP contribution >= 0.6 is 0 Å². The van der Waals surface area contributed by atoms with Crippen molar-refractivity contribution in [2.45, 2.75) is 44.7 Å². The van der Waals surface area contributed by atoms with E-state index in [9.17, 15) is 18.0 Å². The number of nitrogens with zero attached hydrogens (tertiary/aromatic N) is 1. The summed E-state index contributed by atoms with van der Waals surface area (Å²) >= 11 is 0. The topological polar surface area (TPSA) is 40.5 Å². The van der Waals surface area contributed by atoms with Crippen LogP contribution in [0.2, 0.25) is 0 Å². The minimum Gasteiger partial charge on any atom is -0.481 e. The van der Waals surface area contributed by atoms with Crippen molar-refractivity contribution in [1.82, 2.24) is 4.90 Å². The average molecular weight is 267 g/mol. The van der Waals surface area contributed by atoms with Crippen molar-refractivity contribution >= 4 is 5.97 Å². The Kier molecular flexibility index (Phi) is 5.91. The quantitative estimate of drug-likeness (QED) is 0.752. The van der Waals surface area contributed by atoms with Gasteiger partial charge in [-0.15, -0.1) is 0 Å². The molecule has 106 valence electrons. The van der Waals surface area contributed by atoms with Crippen molar-refractivity contribution in [1.29, 1.82) is 0 Å². The van der Waals surface area contributed by atoms with Crippen LogP contribution in [0, 0.1) is 5.92 Å². The Morgan fingerprint density at radius 3 is 2.61 bits per heavy atom. The van der Waals surface area contributed by atoms with E-state index in [-0.39, 0.29) is 19.4 Å². The lowest BCUT2D eigenvalue weighted by molar-refractivity contribution is -0.186. The van der Waals surface area contributed by atoms with Gasteiger partial charge in [0, 0.05) is 13.0 Å². The zero-order valence-corrected chi connectivity index (χ0v) is 10.4. The number of hydrogen-bond acceptors (Lipinski definition) is 2. The lowest BCUT2D eigenvalue weighted by atomic mass is 9.97. The molecule has 1 aliphatic rings. The van der Waals surface area contributed by atoms with Crippen molar-refractivity contribution < 1.29 is 23.1 Å². The predicted molar refractivity (Wildman–Crippen MR) is 61.3 cm³/mol. The lowest BCUT2D eigenvalue weighted by Gasteiger charge is -2.33. The zero-order valence-electron chi connectivity index (χ0n) is 10.4. The van der Waals surface area contributed by atoms with Gasteiger partial charge in [-0.25, -0.2) is 0 Å². The third-order valence-corrected chi connectivity index (χ3v) is 3.33. The highest BCUT2D eigenvalue weighted by molar-refractivity contribution is 5.66. The molecule has 0 spiro atoms. The molecule has 0 bridgehead atoms. The molecule has 1 aliphatic heterocycles. The number of carboxylic acids is 1. The molecule has 0 radical (unpaired) electrons. The molecule has 18 heavy (non-hydrogen) atoms. The average Bonchev–Trinajstić information content (AvgIpc) is 2.27. The maximum atomic E-state index is 12.6. The number of rotatable bonds is 6. The molecule has 1 heterocycles. The first-order chi connectivity index (χ1) is 8.39. The highest BCUT2D eigenvalue weighted by atomic mass is 19.4. The first-order valence-corrected chi connectivity index (χ1v) is 6.40. The van der Waals surface area contributed by atoms with Crippen molar-refractivity contribution in [3.8, 4) is 0 Å². The molecule has 1 rings (SSSR count). The molecule has 1 saturated heterocycles. The first-order valence-electron chi connectivity index (χ1n) is 6.40. The van der Waals surface area contributed by atoms with Crippen LogP contribution in [0.4, 0.5) is 13.2 Å². The van der Waals surface area contributed by atoms with Crippen LogP contribution in [0.1, 0.15) is 38.5 Å². The molecule has 0 saturated carbocycles. The minimum atomic E-state index is -4.08. The number of piperidine rings is 1. The van der Waals surface area contributed by atoms with Crippen molar-refractivity contribution in [2.24, 2.45) is 5.92 Å². The predicted octanol–water partition coefficient (Wildman–Crippen LogP) is 2.91. The molecule has 0 aliphatic carbocycles. The highest BCUT2D eigenvalue weighted by Crippen LogP contribution is 2.33. The summed E-state index contributed by atoms with van der Waals surface area (Å²) < 4.78 is 37.7. The van der Waals surface area contributed by atoms with E-state index in [1.165, 1.54) is 0 Å². The summed E-state index contributed by atoms with van der Waals surface area (Å²) in [4.78, 5) is 12.1. The van der Waals surface area contributed by atoms with Crippen molar-refractivity contribution in [3.63, 3.8) is 0 Å². The van der Waals surface area contributed by atoms with Gasteiger partial charge in [-0.2, -0.15) is 13.2 Å². The Morgan fingerprint density at radius 2 is 2.00 bits per heavy atom. The summed E-state index contributed by atoms with van der Waals surface area (Å²) in [6.45, 7) is 1.47. The second kappa shape index (κ2) is 6.97. The van der Waals surface area contributed by atoms with E-state index < -0.39 is 18.1 Å². The van der Waals surface area contributed by atoms with Gasteiger partial charge in [0.25, 0.3) is 0 Å². The molecule has 3 nitrogen and oxygen atoms in total. The molecule has 1 N–H and O–H groups in total. The van der Waals surface area contributed by atoms with Crippen LogP contribution in [0.5, 0.6) is 0 Å². The first kappa shape index (κ1) is 15.3. The van der Waals surface area contributed by atoms with E-state index in [2.05, 4.69) is 0 Å². The van der Waals surface area contributed by atoms with Gasteiger partial charge < -0.3 is 10.0 Å². The Morgan fingerprint density at radius 1 is 1.28 bits per heavy atom. The third-order valence-electron chi connectivity index (χ3n) is 3.33. The monoisotopic (exact) mass is 267 g/mol. The van der Waals surface area contributed by atoms with Crippen molar-refractivity contribution in [3.05, 3.63) is 0 Å². The summed E-state index contributed by atoms with van der Waals surface area (Å²) in [6.07, 6.45) is -0.964. The summed E-state index contributed by atoms with van der Waals surface area (Å²) in [5.41, 5.74) is 0. The summed E-state index contributed by atoms with van der Waals surface area (Å²) in [5, 5.41) is 8.45. The molecule has 0 aromatic rings. The molecular formula is C12H20F3NO2. The van der Waals surface area contributed by atoms with E-state index in [0.29, 0.717) is 19.4 Å². The number of carboxylic acid groups (broad SMARTS) is 1. The number of likely N-dealkylation sites (tertiary alicyclic amines) is 1. The maximum absolute atomic E-state index is 12.6. The Balaban J connectivity index is 2.16. The molecule has 0 aromatic heterocycles. The maximum Gasteiger partial charge on any atom is 0.393 e. The fraction of sp³-hybridized carbons (Fsp3) is 0.917. The zero-order chi connectivity index (χ0) is 13.6. The van der Waals surface area contributed by atoms with E-state index >= 15 is 0 Å². The number of hydrogen-bond donors (Lipinski definition) is 1. The van der Waals surface area contributed by atoms with E-state index in [0.717, 1.165) is 19.4 Å². The molecule has 1 fully saturated rings. The van der Waals surface area contributed by atoms with Crippen LogP contribution in [-0.4, -0.2) is 41.8 Å². The van der Waals surface area contributed by atoms with Gasteiger partial charge in [0.2, 0.25) is 0 Å². The van der Waals surface area contributed by atoms with Gasteiger partial charge in [0.1, 0.15) is 0 Å². The Hall–Kier alpha value is -0.780. The summed E-state index contributed by atoms with van der Waals surface area (Å²) in [5.74, 6) is -2.00. The van der Waals surface area contributed by atoms with E-state index in [1.54, 1.807) is 0 Å². The largest absolute Gasteiger partial charge is 0.481 e. The molecule has 0 amide bonds. The third kappa shape index (κ3) is 5.71. The fourth-order valence-electron chi connectivity index (χ4n) is 2.31. The van der Waals surface area contributed by atoms with Gasteiger partial charge in [0.15, 0.2) is 0 Å². The smallest absolute Gasteiger partial charge is 0.393 e. The Labute approximate surface area is 105 Å². The SMILES string of the molecule is O=C(O)CCCCCN1CCCC(C(F)(F)F)C1. The minimum absolute atomic E-state index is 0.0996. The van der Waals surface area contributed by atoms with Crippen molar-refractivity contribution in [2.75, 3.05) is 19.6 Å². The van der Waals surface area contributed by atoms with Crippen LogP contribution in [0.15, 0.2) is 0 Å². The van der Waals surface area contributed by atoms with Crippen LogP contribution < -0.4 is 0 Å². The number of alkyl halides is 3. The van der Waals surface area contributed by atoms with Crippen LogP contribution in [0.25, 0.3) is 0 Å². The number of aliphatic carboxylic acids is 1. The lowest BCUT2D eigenvalue weighted by Crippen LogP contribution is -2.42. The number of unbranched alkanes of at least 4 members (excludes halogenated alkanes) is 2. The standard InChI is InChI=1S/C12H20F3NO2/c13-12(14,15)10-5-4-8-16(9-10)7-3-1-2-6-11(17)18/h10H,1-9H2,(H,17,18). The van der Waals surface area contributed by atoms with Crippen LogP contribution in [0.3, 0.4) is 0 Å². The summed E-state index contributed by atoms with van der Waals surface area (Å²) in [7, 11) is 0. The van der Waals surface area contributed by atoms with Gasteiger partial charge in [0.05, 0.1) is 5.92 Å². The van der Waals surface area contributed by atoms with E-state index in [4.69, 9.17) is 5.11 Å². The number of halogens is 3. The number of carbonyl (C=O) groups is 1. The normalized spacial score (nSPS) is 22.1. The van der Waals surface area contributed by atoms with E-state index in [1.807, 2.05) is 4.90 Å². The Bertz CT molecular complexity index is 269. The summed E-state index contributed by atoms with van der Waals surface area (Å²) in [6, 6.07) is 0. The molecule has 0 aromatic carbocycles. The van der Waals surface area contributed by atoms with Gasteiger partial charge in [-0.1, -0.05) is 6.42 Å². The molecule has 1 atom stereocenters. The highest BCUT2D eigenvalue weighted by Gasteiger charge is 2.41. The van der Waals surface area contributed by atoms with Gasteiger partial charge >= 0.3 is 12.1 Å². The van der Waals surface area contributed by atoms with Gasteiger partial charge in [-0.05, 0) is 38.8 Å². The van der Waals surface area contributed by atoms with Crippen LogP contribution in [-0.2, 0) is 4.79 Å². The molecule has 6 heteroatoms. The molecular weight excluding hydrogens is 247 g/mol. The molecule has 1 unspecified atom stereocenters. The van der Waals surface area contributed by atoms with Gasteiger partial charge in [-0.3, -0.25) is 4.79 Å². The second-order valence-corrected chi connectivity index (χ2v) is 4.89. The fourth-order valence-corrected chi connectivity index (χ4v) is 2.31.